The largest absolute Gasteiger partial charge is 0.624 e. The maximum absolute atomic E-state index is 11.0. The molecule has 2 aliphatic carbocycles. The van der Waals surface area contributed by atoms with E-state index in [1.54, 1.807) is 13.3 Å². The highest BCUT2D eigenvalue weighted by atomic mass is 16.5. The molecular weight excluding hydrogens is 226 g/mol. The van der Waals surface area contributed by atoms with Crippen molar-refractivity contribution < 1.29 is 9.85 Å². The molecule has 0 aliphatic heterocycles. The van der Waals surface area contributed by atoms with Gasteiger partial charge in [-0.25, -0.2) is 4.74 Å². The molecule has 0 radical (unpaired) electrons. The fourth-order valence-electron chi connectivity index (χ4n) is 4.60. The van der Waals surface area contributed by atoms with Crippen LogP contribution in [0.3, 0.4) is 0 Å². The standard InChI is InChI=1S/C15H27NO2/c1-11(8-10-16(3)18)12-6-7-13-14(17)5-4-9-15(12,13)2/h10-14,17H,4-9H2,1-3H3/b16-10+/t11-,12-,13+,14+,15-/m1/s1. The smallest absolute Gasteiger partial charge is 0.150 e. The van der Waals surface area contributed by atoms with E-state index in [2.05, 4.69) is 13.8 Å². The van der Waals surface area contributed by atoms with Gasteiger partial charge in [-0.1, -0.05) is 20.3 Å². The zero-order valence-electron chi connectivity index (χ0n) is 11.9. The summed E-state index contributed by atoms with van der Waals surface area (Å²) in [7, 11) is 1.55. The number of fused-ring (bicyclic) bond motifs is 1. The summed E-state index contributed by atoms with van der Waals surface area (Å²) >= 11 is 0. The highest BCUT2D eigenvalue weighted by Gasteiger charge is 2.52. The summed E-state index contributed by atoms with van der Waals surface area (Å²) in [6, 6.07) is 0. The van der Waals surface area contributed by atoms with Crippen LogP contribution in [-0.4, -0.2) is 29.2 Å². The van der Waals surface area contributed by atoms with Crippen LogP contribution < -0.4 is 0 Å². The molecule has 3 nitrogen and oxygen atoms in total. The number of hydrogen-bond donors (Lipinski definition) is 1. The molecule has 5 atom stereocenters. The lowest BCUT2D eigenvalue weighted by atomic mass is 9.61. The lowest BCUT2D eigenvalue weighted by molar-refractivity contribution is -0.418. The number of hydrogen-bond acceptors (Lipinski definition) is 2. The van der Waals surface area contributed by atoms with Gasteiger partial charge in [0, 0.05) is 6.42 Å². The first-order chi connectivity index (χ1) is 8.45. The van der Waals surface area contributed by atoms with Crippen molar-refractivity contribution in [3.63, 3.8) is 0 Å². The fourth-order valence-corrected chi connectivity index (χ4v) is 4.60. The molecule has 0 spiro atoms. The first kappa shape index (κ1) is 13.9. The second-order valence-corrected chi connectivity index (χ2v) is 6.70. The number of rotatable bonds is 3. The summed E-state index contributed by atoms with van der Waals surface area (Å²) in [5.74, 6) is 1.69. The maximum Gasteiger partial charge on any atom is 0.150 e. The monoisotopic (exact) mass is 253 g/mol. The van der Waals surface area contributed by atoms with Gasteiger partial charge in [-0.05, 0) is 48.9 Å². The van der Waals surface area contributed by atoms with Crippen molar-refractivity contribution in [2.45, 2.75) is 58.5 Å². The third kappa shape index (κ3) is 2.42. The van der Waals surface area contributed by atoms with Crippen LogP contribution in [0.25, 0.3) is 0 Å². The van der Waals surface area contributed by atoms with Crippen LogP contribution in [0.15, 0.2) is 0 Å². The van der Waals surface area contributed by atoms with E-state index < -0.39 is 0 Å². The van der Waals surface area contributed by atoms with Gasteiger partial charge in [-0.3, -0.25) is 0 Å². The van der Waals surface area contributed by atoms with Crippen LogP contribution in [-0.2, 0) is 0 Å². The van der Waals surface area contributed by atoms with Gasteiger partial charge in [-0.15, -0.1) is 0 Å². The van der Waals surface area contributed by atoms with Gasteiger partial charge in [0.05, 0.1) is 6.10 Å². The lowest BCUT2D eigenvalue weighted by Crippen LogP contribution is -2.41. The van der Waals surface area contributed by atoms with Crippen molar-refractivity contribution in [2.24, 2.45) is 23.2 Å². The number of aliphatic hydroxyl groups is 1. The normalized spacial score (nSPS) is 42.7. The van der Waals surface area contributed by atoms with Crippen molar-refractivity contribution >= 4 is 6.21 Å². The summed E-state index contributed by atoms with van der Waals surface area (Å²) in [4.78, 5) is 0. The van der Waals surface area contributed by atoms with E-state index in [9.17, 15) is 10.3 Å². The van der Waals surface area contributed by atoms with E-state index in [0.717, 1.165) is 24.0 Å². The zero-order chi connectivity index (χ0) is 13.3. The van der Waals surface area contributed by atoms with Crippen LogP contribution in [0.5, 0.6) is 0 Å². The van der Waals surface area contributed by atoms with Crippen molar-refractivity contribution in [1.29, 1.82) is 0 Å². The Balaban J connectivity index is 2.08. The summed E-state index contributed by atoms with van der Waals surface area (Å²) in [5.41, 5.74) is 0.298. The second kappa shape index (κ2) is 5.20. The second-order valence-electron chi connectivity index (χ2n) is 6.70. The molecule has 0 heterocycles. The Hall–Kier alpha value is -0.570. The van der Waals surface area contributed by atoms with E-state index in [4.69, 9.17) is 0 Å². The molecule has 2 rings (SSSR count). The minimum atomic E-state index is -0.0906. The lowest BCUT2D eigenvalue weighted by Gasteiger charge is -2.45. The molecule has 3 heteroatoms. The van der Waals surface area contributed by atoms with Gasteiger partial charge in [0.25, 0.3) is 0 Å². The van der Waals surface area contributed by atoms with Crippen LogP contribution in [0.2, 0.25) is 0 Å². The van der Waals surface area contributed by atoms with Crippen molar-refractivity contribution in [3.8, 4) is 0 Å². The molecule has 2 aliphatic rings. The van der Waals surface area contributed by atoms with Crippen LogP contribution in [0.4, 0.5) is 0 Å². The highest BCUT2D eigenvalue weighted by Crippen LogP contribution is 2.57. The molecule has 2 fully saturated rings. The first-order valence-corrected chi connectivity index (χ1v) is 7.36. The maximum atomic E-state index is 11.0. The Morgan fingerprint density at radius 2 is 2.17 bits per heavy atom. The van der Waals surface area contributed by atoms with Gasteiger partial charge in [0.1, 0.15) is 7.05 Å². The number of hydroxylamine groups is 1. The Morgan fingerprint density at radius 1 is 1.44 bits per heavy atom. The Morgan fingerprint density at radius 3 is 2.83 bits per heavy atom. The van der Waals surface area contributed by atoms with Crippen LogP contribution >= 0.6 is 0 Å². The molecule has 0 aromatic heterocycles. The van der Waals surface area contributed by atoms with Gasteiger partial charge in [0.15, 0.2) is 6.21 Å². The minimum Gasteiger partial charge on any atom is -0.624 e. The molecule has 0 bridgehead atoms. The van der Waals surface area contributed by atoms with Crippen molar-refractivity contribution in [2.75, 3.05) is 7.05 Å². The molecule has 104 valence electrons. The molecule has 0 amide bonds. The third-order valence-electron chi connectivity index (χ3n) is 5.58. The van der Waals surface area contributed by atoms with Gasteiger partial charge < -0.3 is 10.3 Å². The van der Waals surface area contributed by atoms with E-state index >= 15 is 0 Å². The average Bonchev–Trinajstić information content (AvgIpc) is 2.64. The van der Waals surface area contributed by atoms with Gasteiger partial charge >= 0.3 is 0 Å². The van der Waals surface area contributed by atoms with Crippen molar-refractivity contribution in [1.82, 2.24) is 0 Å². The molecule has 0 aromatic carbocycles. The summed E-state index contributed by atoms with van der Waals surface area (Å²) in [5, 5.41) is 21.2. The zero-order valence-corrected chi connectivity index (χ0v) is 11.9. The Bertz CT molecular complexity index is 324. The van der Waals surface area contributed by atoms with Crippen molar-refractivity contribution in [3.05, 3.63) is 5.21 Å². The van der Waals surface area contributed by atoms with E-state index in [1.165, 1.54) is 19.3 Å². The SMILES string of the molecule is C[C@H](C/C=[N+](\C)[O-])[C@H]1CC[C@H]2[C@@H](O)CCC[C@]12C. The van der Waals surface area contributed by atoms with Crippen LogP contribution in [0, 0.1) is 28.4 Å². The van der Waals surface area contributed by atoms with Gasteiger partial charge in [0.2, 0.25) is 0 Å². The molecular formula is C15H27NO2. The van der Waals surface area contributed by atoms with E-state index in [-0.39, 0.29) is 6.10 Å². The first-order valence-electron chi connectivity index (χ1n) is 7.36. The third-order valence-corrected chi connectivity index (χ3v) is 5.58. The quantitative estimate of drug-likeness (QED) is 0.364. The topological polar surface area (TPSA) is 46.3 Å². The van der Waals surface area contributed by atoms with E-state index in [0.29, 0.717) is 23.2 Å². The summed E-state index contributed by atoms with van der Waals surface area (Å²) in [6.45, 7) is 4.63. The number of aliphatic hydroxyl groups excluding tert-OH is 1. The van der Waals surface area contributed by atoms with E-state index in [1.807, 2.05) is 0 Å². The Labute approximate surface area is 110 Å². The number of nitrogens with zero attached hydrogens (tertiary/aromatic N) is 1. The predicted octanol–water partition coefficient (Wildman–Crippen LogP) is 2.80. The molecule has 1 N–H and O–H groups in total. The molecule has 18 heavy (non-hydrogen) atoms. The molecule has 0 saturated heterocycles. The van der Waals surface area contributed by atoms with Crippen LogP contribution in [0.1, 0.15) is 52.4 Å². The molecule has 0 aromatic rings. The molecule has 0 unspecified atom stereocenters. The minimum absolute atomic E-state index is 0.0906. The predicted molar refractivity (Wildman–Crippen MR) is 73.6 cm³/mol. The van der Waals surface area contributed by atoms with Gasteiger partial charge in [-0.2, -0.15) is 0 Å². The highest BCUT2D eigenvalue weighted by molar-refractivity contribution is 5.51. The average molecular weight is 253 g/mol. The molecule has 2 saturated carbocycles. The summed E-state index contributed by atoms with van der Waals surface area (Å²) in [6.07, 6.45) is 8.29. The summed E-state index contributed by atoms with van der Waals surface area (Å²) < 4.78 is 0.918. The fraction of sp³-hybridized carbons (Fsp3) is 0.933. The Kier molecular flexibility index (Phi) is 4.00.